The minimum absolute atomic E-state index is 0.255. The first kappa shape index (κ1) is 20.5. The number of ether oxygens (including phenoxy) is 1. The summed E-state index contributed by atoms with van der Waals surface area (Å²) < 4.78 is 6.35. The molecule has 7 atom stereocenters. The molecule has 5 rings (SSSR count). The molecule has 0 N–H and O–H groups in total. The van der Waals surface area contributed by atoms with Crippen molar-refractivity contribution in [3.63, 3.8) is 0 Å². The minimum Gasteiger partial charge on any atom is -0.373 e. The highest BCUT2D eigenvalue weighted by Crippen LogP contribution is 2.66. The Kier molecular flexibility index (Phi) is 5.21. The van der Waals surface area contributed by atoms with Crippen LogP contribution in [0.4, 0.5) is 0 Å². The van der Waals surface area contributed by atoms with Gasteiger partial charge in [0.15, 0.2) is 0 Å². The summed E-state index contributed by atoms with van der Waals surface area (Å²) in [5.74, 6) is 3.07. The number of carbonyl (C=O) groups is 1. The zero-order valence-corrected chi connectivity index (χ0v) is 19.0. The fourth-order valence-corrected chi connectivity index (χ4v) is 8.23. The van der Waals surface area contributed by atoms with Crippen LogP contribution >= 0.6 is 0 Å². The molecule has 2 heteroatoms. The molecule has 4 aliphatic carbocycles. The molecule has 1 aromatic carbocycles. The lowest BCUT2D eigenvalue weighted by Gasteiger charge is -2.58. The second kappa shape index (κ2) is 7.62. The number of carbonyl (C=O) groups excluding carboxylic acids is 1. The zero-order chi connectivity index (χ0) is 20.9. The zero-order valence-electron chi connectivity index (χ0n) is 19.0. The number of ketones is 1. The Morgan fingerprint density at radius 1 is 1.03 bits per heavy atom. The van der Waals surface area contributed by atoms with Crippen molar-refractivity contribution in [1.82, 2.24) is 0 Å². The first-order chi connectivity index (χ1) is 14.4. The Morgan fingerprint density at radius 2 is 1.83 bits per heavy atom. The topological polar surface area (TPSA) is 26.3 Å². The summed E-state index contributed by atoms with van der Waals surface area (Å²) in [7, 11) is 0. The van der Waals surface area contributed by atoms with Crippen LogP contribution in [0.25, 0.3) is 0 Å². The molecule has 0 spiro atoms. The van der Waals surface area contributed by atoms with Gasteiger partial charge in [-0.15, -0.1) is 0 Å². The molecule has 162 valence electrons. The first-order valence-corrected chi connectivity index (χ1v) is 12.3. The van der Waals surface area contributed by atoms with E-state index in [0.29, 0.717) is 23.2 Å². The Bertz CT molecular complexity index is 826. The molecule has 4 aliphatic rings. The van der Waals surface area contributed by atoms with E-state index in [0.717, 1.165) is 37.2 Å². The van der Waals surface area contributed by atoms with Crippen LogP contribution < -0.4 is 0 Å². The van der Waals surface area contributed by atoms with Crippen LogP contribution in [0.5, 0.6) is 0 Å². The average Bonchev–Trinajstić information content (AvgIpc) is 3.10. The average molecular weight is 407 g/mol. The molecule has 0 unspecified atom stereocenters. The lowest BCUT2D eigenvalue weighted by molar-refractivity contribution is -0.127. The van der Waals surface area contributed by atoms with Crippen molar-refractivity contribution in [3.8, 4) is 0 Å². The lowest BCUT2D eigenvalue weighted by atomic mass is 9.47. The first-order valence-electron chi connectivity index (χ1n) is 12.3. The van der Waals surface area contributed by atoms with Gasteiger partial charge in [0, 0.05) is 5.92 Å². The van der Waals surface area contributed by atoms with E-state index in [9.17, 15) is 4.79 Å². The van der Waals surface area contributed by atoms with E-state index >= 15 is 0 Å². The molecule has 0 heterocycles. The van der Waals surface area contributed by atoms with Crippen molar-refractivity contribution < 1.29 is 9.53 Å². The minimum atomic E-state index is 0.255. The van der Waals surface area contributed by atoms with Crippen LogP contribution in [0, 0.1) is 34.5 Å². The number of hydrogen-bond acceptors (Lipinski definition) is 2. The largest absolute Gasteiger partial charge is 0.373 e. The van der Waals surface area contributed by atoms with Gasteiger partial charge in [0.25, 0.3) is 0 Å². The van der Waals surface area contributed by atoms with Crippen molar-refractivity contribution in [2.24, 2.45) is 34.5 Å². The van der Waals surface area contributed by atoms with Crippen LogP contribution in [0.3, 0.4) is 0 Å². The third-order valence-corrected chi connectivity index (χ3v) is 9.88. The standard InChI is InChI=1S/C28H38O2/c1-19(29)24-11-12-25-23-10-9-21-17-22(30-18-20-7-5-4-6-8-20)13-15-27(21,2)26(23)14-16-28(24,25)3/h4-9,22-26H,10-18H2,1-3H3/t22-,23-,24+,25-,26-,27-,28+/m0/s1. The van der Waals surface area contributed by atoms with Crippen molar-refractivity contribution in [2.75, 3.05) is 0 Å². The number of hydrogen-bond donors (Lipinski definition) is 0. The lowest BCUT2D eigenvalue weighted by Crippen LogP contribution is -2.51. The second-order valence-corrected chi connectivity index (χ2v) is 11.2. The molecule has 3 fully saturated rings. The van der Waals surface area contributed by atoms with Crippen LogP contribution in [0.15, 0.2) is 42.0 Å². The number of allylic oxidation sites excluding steroid dienone is 1. The number of benzene rings is 1. The van der Waals surface area contributed by atoms with E-state index in [4.69, 9.17) is 4.74 Å². The second-order valence-electron chi connectivity index (χ2n) is 11.2. The third kappa shape index (κ3) is 3.22. The molecule has 3 saturated carbocycles. The molecule has 0 saturated heterocycles. The summed E-state index contributed by atoms with van der Waals surface area (Å²) in [5, 5.41) is 0. The summed E-state index contributed by atoms with van der Waals surface area (Å²) in [6.45, 7) is 7.57. The fraction of sp³-hybridized carbons (Fsp3) is 0.679. The van der Waals surface area contributed by atoms with E-state index in [1.54, 1.807) is 5.57 Å². The van der Waals surface area contributed by atoms with E-state index < -0.39 is 0 Å². The summed E-state index contributed by atoms with van der Waals surface area (Å²) in [5.41, 5.74) is 3.56. The molecular weight excluding hydrogens is 368 g/mol. The van der Waals surface area contributed by atoms with E-state index in [1.807, 2.05) is 6.92 Å². The Labute approximate surface area is 182 Å². The van der Waals surface area contributed by atoms with Gasteiger partial charge in [-0.3, -0.25) is 4.79 Å². The molecule has 0 aromatic heterocycles. The highest BCUT2D eigenvalue weighted by atomic mass is 16.5. The predicted octanol–water partition coefficient (Wildman–Crippen LogP) is 6.74. The summed E-state index contributed by atoms with van der Waals surface area (Å²) >= 11 is 0. The van der Waals surface area contributed by atoms with Crippen molar-refractivity contribution in [1.29, 1.82) is 0 Å². The predicted molar refractivity (Wildman–Crippen MR) is 121 cm³/mol. The van der Waals surface area contributed by atoms with Crippen LogP contribution in [0.2, 0.25) is 0 Å². The van der Waals surface area contributed by atoms with Crippen molar-refractivity contribution >= 4 is 5.78 Å². The monoisotopic (exact) mass is 406 g/mol. The van der Waals surface area contributed by atoms with Gasteiger partial charge in [0.1, 0.15) is 5.78 Å². The maximum atomic E-state index is 12.3. The molecule has 0 amide bonds. The fourth-order valence-electron chi connectivity index (χ4n) is 8.23. The Morgan fingerprint density at radius 3 is 2.60 bits per heavy atom. The normalized spacial score (nSPS) is 42.6. The van der Waals surface area contributed by atoms with Gasteiger partial charge in [0.05, 0.1) is 12.7 Å². The van der Waals surface area contributed by atoms with E-state index in [-0.39, 0.29) is 5.41 Å². The SMILES string of the molecule is CC(=O)[C@H]1CC[C@H]2[C@@H]3CC=C4C[C@@H](OCc5ccccc5)CC[C@]4(C)[C@H]3CC[C@]12C. The molecule has 0 bridgehead atoms. The summed E-state index contributed by atoms with van der Waals surface area (Å²) in [6.07, 6.45) is 12.7. The van der Waals surface area contributed by atoms with Crippen LogP contribution in [-0.2, 0) is 16.1 Å². The highest BCUT2D eigenvalue weighted by Gasteiger charge is 2.59. The molecule has 2 nitrogen and oxygen atoms in total. The third-order valence-electron chi connectivity index (χ3n) is 9.88. The quantitative estimate of drug-likeness (QED) is 0.518. The molecule has 0 aliphatic heterocycles. The maximum absolute atomic E-state index is 12.3. The van der Waals surface area contributed by atoms with E-state index in [1.165, 1.54) is 44.1 Å². The molecule has 30 heavy (non-hydrogen) atoms. The number of rotatable bonds is 4. The number of Topliss-reactive ketones (excluding diaryl/α,β-unsaturated/α-hetero) is 1. The Hall–Kier alpha value is -1.41. The van der Waals surface area contributed by atoms with Crippen LogP contribution in [-0.4, -0.2) is 11.9 Å². The molecular formula is C28H38O2. The van der Waals surface area contributed by atoms with Gasteiger partial charge in [0.2, 0.25) is 0 Å². The molecule has 1 aromatic rings. The van der Waals surface area contributed by atoms with Gasteiger partial charge in [-0.1, -0.05) is 55.8 Å². The highest BCUT2D eigenvalue weighted by molar-refractivity contribution is 5.79. The van der Waals surface area contributed by atoms with Gasteiger partial charge in [-0.25, -0.2) is 0 Å². The maximum Gasteiger partial charge on any atom is 0.133 e. The van der Waals surface area contributed by atoms with Gasteiger partial charge in [-0.05, 0) is 92.4 Å². The van der Waals surface area contributed by atoms with Gasteiger partial charge in [-0.2, -0.15) is 0 Å². The smallest absolute Gasteiger partial charge is 0.133 e. The number of fused-ring (bicyclic) bond motifs is 5. The summed E-state index contributed by atoms with van der Waals surface area (Å²) in [6, 6.07) is 10.6. The van der Waals surface area contributed by atoms with Crippen molar-refractivity contribution in [3.05, 3.63) is 47.5 Å². The Balaban J connectivity index is 1.30. The van der Waals surface area contributed by atoms with Crippen LogP contribution in [0.1, 0.15) is 77.7 Å². The van der Waals surface area contributed by atoms with Gasteiger partial charge >= 0.3 is 0 Å². The summed E-state index contributed by atoms with van der Waals surface area (Å²) in [4.78, 5) is 12.3. The van der Waals surface area contributed by atoms with Gasteiger partial charge < -0.3 is 4.74 Å². The van der Waals surface area contributed by atoms with E-state index in [2.05, 4.69) is 50.3 Å². The van der Waals surface area contributed by atoms with Crippen molar-refractivity contribution in [2.45, 2.75) is 84.8 Å². The molecule has 0 radical (unpaired) electrons.